The van der Waals surface area contributed by atoms with Crippen molar-refractivity contribution in [2.75, 3.05) is 7.05 Å². The third-order valence-electron chi connectivity index (χ3n) is 3.42. The minimum Gasteiger partial charge on any atom is -0.490 e. The van der Waals surface area contributed by atoms with Gasteiger partial charge in [0.25, 0.3) is 0 Å². The molecule has 21 heavy (non-hydrogen) atoms. The van der Waals surface area contributed by atoms with Gasteiger partial charge in [0.15, 0.2) is 0 Å². The largest absolute Gasteiger partial charge is 0.490 e. The van der Waals surface area contributed by atoms with E-state index in [-0.39, 0.29) is 12.6 Å². The fraction of sp³-hybridized carbons (Fsp3) is 0.357. The van der Waals surface area contributed by atoms with Crippen molar-refractivity contribution in [3.63, 3.8) is 0 Å². The fourth-order valence-corrected chi connectivity index (χ4v) is 4.28. The molecule has 1 aliphatic heterocycles. The van der Waals surface area contributed by atoms with Gasteiger partial charge >= 0.3 is 0 Å². The predicted molar refractivity (Wildman–Crippen MR) is 81.0 cm³/mol. The Hall–Kier alpha value is -1.44. The molecule has 1 atom stereocenters. The van der Waals surface area contributed by atoms with Crippen molar-refractivity contribution in [2.24, 2.45) is 0 Å². The Morgan fingerprint density at radius 2 is 2.29 bits per heavy atom. The Labute approximate surface area is 128 Å². The molecular weight excluding hydrogens is 308 g/mol. The molecule has 0 N–H and O–H groups in total. The van der Waals surface area contributed by atoms with Crippen LogP contribution in [0.2, 0.25) is 0 Å². The average Bonchev–Trinajstić information content (AvgIpc) is 3.05. The standard InChI is InChI=1S/C14H16N2O3S2/c1-10-7-11-8-12(3-4-13(11)19-10)21(17,18)16(2)9-14-15-5-6-20-14/h3-6,8,10H,7,9H2,1-2H3. The summed E-state index contributed by atoms with van der Waals surface area (Å²) in [5.41, 5.74) is 0.950. The quantitative estimate of drug-likeness (QED) is 0.866. The van der Waals surface area contributed by atoms with Crippen molar-refractivity contribution in [3.8, 4) is 5.75 Å². The van der Waals surface area contributed by atoms with Crippen LogP contribution in [-0.2, 0) is 23.0 Å². The molecule has 0 bridgehead atoms. The van der Waals surface area contributed by atoms with Crippen molar-refractivity contribution < 1.29 is 13.2 Å². The molecule has 0 fully saturated rings. The summed E-state index contributed by atoms with van der Waals surface area (Å²) in [6.45, 7) is 2.26. The number of thiazole rings is 1. The molecule has 0 spiro atoms. The molecule has 0 saturated carbocycles. The zero-order chi connectivity index (χ0) is 15.0. The van der Waals surface area contributed by atoms with Gasteiger partial charge in [-0.05, 0) is 30.7 Å². The van der Waals surface area contributed by atoms with Crippen LogP contribution in [0.5, 0.6) is 5.75 Å². The lowest BCUT2D eigenvalue weighted by molar-refractivity contribution is 0.254. The number of hydrogen-bond donors (Lipinski definition) is 0. The monoisotopic (exact) mass is 324 g/mol. The highest BCUT2D eigenvalue weighted by Gasteiger charge is 2.25. The van der Waals surface area contributed by atoms with Gasteiger partial charge in [-0.25, -0.2) is 13.4 Å². The summed E-state index contributed by atoms with van der Waals surface area (Å²) in [7, 11) is -1.94. The summed E-state index contributed by atoms with van der Waals surface area (Å²) in [6, 6.07) is 5.06. The van der Waals surface area contributed by atoms with Crippen molar-refractivity contribution in [1.29, 1.82) is 0 Å². The number of ether oxygens (including phenoxy) is 1. The van der Waals surface area contributed by atoms with Crippen LogP contribution < -0.4 is 4.74 Å². The molecule has 112 valence electrons. The summed E-state index contributed by atoms with van der Waals surface area (Å²) in [5, 5.41) is 2.61. The van der Waals surface area contributed by atoms with Gasteiger partial charge in [0.1, 0.15) is 16.9 Å². The first-order valence-electron chi connectivity index (χ1n) is 6.61. The number of fused-ring (bicyclic) bond motifs is 1. The molecule has 7 heteroatoms. The molecule has 1 aromatic heterocycles. The molecule has 0 aliphatic carbocycles. The summed E-state index contributed by atoms with van der Waals surface area (Å²) in [4.78, 5) is 4.43. The highest BCUT2D eigenvalue weighted by atomic mass is 32.2. The second-order valence-corrected chi connectivity index (χ2v) is 8.11. The van der Waals surface area contributed by atoms with E-state index in [0.29, 0.717) is 4.90 Å². The molecular formula is C14H16N2O3S2. The lowest BCUT2D eigenvalue weighted by Crippen LogP contribution is -2.26. The first-order chi connectivity index (χ1) is 9.96. The summed E-state index contributed by atoms with van der Waals surface area (Å²) in [6.07, 6.45) is 2.52. The summed E-state index contributed by atoms with van der Waals surface area (Å²) >= 11 is 1.45. The summed E-state index contributed by atoms with van der Waals surface area (Å²) in [5.74, 6) is 0.782. The van der Waals surface area contributed by atoms with Gasteiger partial charge in [0.05, 0.1) is 11.4 Å². The molecule has 5 nitrogen and oxygen atoms in total. The van der Waals surface area contributed by atoms with E-state index in [0.717, 1.165) is 22.7 Å². The summed E-state index contributed by atoms with van der Waals surface area (Å²) < 4.78 is 32.1. The number of rotatable bonds is 4. The maximum Gasteiger partial charge on any atom is 0.243 e. The number of aromatic nitrogens is 1. The van der Waals surface area contributed by atoms with Crippen molar-refractivity contribution in [3.05, 3.63) is 40.3 Å². The van der Waals surface area contributed by atoms with E-state index in [1.54, 1.807) is 31.4 Å². The fourth-order valence-electron chi connectivity index (χ4n) is 2.35. The Kier molecular flexibility index (Phi) is 3.73. The van der Waals surface area contributed by atoms with Crippen LogP contribution in [0.1, 0.15) is 17.5 Å². The van der Waals surface area contributed by atoms with E-state index in [1.807, 2.05) is 12.3 Å². The minimum absolute atomic E-state index is 0.103. The van der Waals surface area contributed by atoms with Gasteiger partial charge < -0.3 is 4.74 Å². The van der Waals surface area contributed by atoms with Gasteiger partial charge in [-0.15, -0.1) is 11.3 Å². The maximum absolute atomic E-state index is 12.6. The second kappa shape index (κ2) is 5.40. The normalized spacial score (nSPS) is 17.8. The van der Waals surface area contributed by atoms with Crippen LogP contribution in [0.4, 0.5) is 0 Å². The van der Waals surface area contributed by atoms with Crippen LogP contribution in [0, 0.1) is 0 Å². The molecule has 0 radical (unpaired) electrons. The number of hydrogen-bond acceptors (Lipinski definition) is 5. The molecule has 2 aromatic rings. The number of nitrogens with zero attached hydrogens (tertiary/aromatic N) is 2. The molecule has 0 saturated heterocycles. The van der Waals surface area contributed by atoms with E-state index >= 15 is 0 Å². The van der Waals surface area contributed by atoms with Crippen LogP contribution >= 0.6 is 11.3 Å². The van der Waals surface area contributed by atoms with Crippen molar-refractivity contribution >= 4 is 21.4 Å². The minimum atomic E-state index is -3.51. The number of benzene rings is 1. The van der Waals surface area contributed by atoms with E-state index in [2.05, 4.69) is 4.98 Å². The molecule has 2 heterocycles. The average molecular weight is 324 g/mol. The third kappa shape index (κ3) is 2.81. The maximum atomic E-state index is 12.6. The molecule has 1 unspecified atom stereocenters. The van der Waals surface area contributed by atoms with Crippen LogP contribution in [-0.4, -0.2) is 30.9 Å². The van der Waals surface area contributed by atoms with E-state index in [1.165, 1.54) is 15.6 Å². The molecule has 0 amide bonds. The highest BCUT2D eigenvalue weighted by molar-refractivity contribution is 7.89. The zero-order valence-corrected chi connectivity index (χ0v) is 13.4. The van der Waals surface area contributed by atoms with Gasteiger partial charge in [-0.1, -0.05) is 0 Å². The molecule has 1 aliphatic rings. The lowest BCUT2D eigenvalue weighted by atomic mass is 10.1. The smallest absolute Gasteiger partial charge is 0.243 e. The van der Waals surface area contributed by atoms with Crippen molar-refractivity contribution in [1.82, 2.24) is 9.29 Å². The Morgan fingerprint density at radius 1 is 1.48 bits per heavy atom. The topological polar surface area (TPSA) is 59.5 Å². The van der Waals surface area contributed by atoms with Crippen LogP contribution in [0.15, 0.2) is 34.7 Å². The van der Waals surface area contributed by atoms with E-state index < -0.39 is 10.0 Å². The Morgan fingerprint density at radius 3 is 3.00 bits per heavy atom. The Bertz CT molecular complexity index is 742. The van der Waals surface area contributed by atoms with Gasteiger partial charge in [0.2, 0.25) is 10.0 Å². The van der Waals surface area contributed by atoms with Crippen LogP contribution in [0.25, 0.3) is 0 Å². The Balaban J connectivity index is 1.86. The van der Waals surface area contributed by atoms with Gasteiger partial charge in [-0.3, -0.25) is 0 Å². The van der Waals surface area contributed by atoms with Crippen molar-refractivity contribution in [2.45, 2.75) is 30.9 Å². The number of sulfonamides is 1. The lowest BCUT2D eigenvalue weighted by Gasteiger charge is -2.16. The predicted octanol–water partition coefficient (Wildman–Crippen LogP) is 2.29. The second-order valence-electron chi connectivity index (χ2n) is 5.09. The van der Waals surface area contributed by atoms with E-state index in [9.17, 15) is 8.42 Å². The first-order valence-corrected chi connectivity index (χ1v) is 8.93. The molecule has 1 aromatic carbocycles. The van der Waals surface area contributed by atoms with Gasteiger partial charge in [-0.2, -0.15) is 4.31 Å². The SMILES string of the molecule is CC1Cc2cc(S(=O)(=O)N(C)Cc3nccs3)ccc2O1. The first kappa shape index (κ1) is 14.5. The van der Waals surface area contributed by atoms with E-state index in [4.69, 9.17) is 4.74 Å². The highest BCUT2D eigenvalue weighted by Crippen LogP contribution is 2.31. The van der Waals surface area contributed by atoms with Gasteiger partial charge in [0, 0.05) is 25.0 Å². The molecule has 3 rings (SSSR count). The zero-order valence-electron chi connectivity index (χ0n) is 11.8. The van der Waals surface area contributed by atoms with Crippen LogP contribution in [0.3, 0.4) is 0 Å². The third-order valence-corrected chi connectivity index (χ3v) is 5.98.